The predicted octanol–water partition coefficient (Wildman–Crippen LogP) is 3.17. The number of carbonyl (C=O) groups excluding carboxylic acids is 1. The van der Waals surface area contributed by atoms with Gasteiger partial charge in [-0.2, -0.15) is 0 Å². The molecule has 23 heavy (non-hydrogen) atoms. The molecule has 1 saturated heterocycles. The van der Waals surface area contributed by atoms with E-state index in [1.54, 1.807) is 0 Å². The fraction of sp³-hybridized carbons (Fsp3) is 0.474. The minimum Gasteiger partial charge on any atom is -0.339 e. The molecular formula is C19H25N3O. The molecule has 1 amide bonds. The van der Waals surface area contributed by atoms with Gasteiger partial charge in [0.1, 0.15) is 0 Å². The molecule has 0 bridgehead atoms. The van der Waals surface area contributed by atoms with Crippen LogP contribution in [0, 0.1) is 5.92 Å². The normalized spacial score (nSPS) is 16.3. The molecule has 0 unspecified atom stereocenters. The third kappa shape index (κ3) is 3.22. The first-order chi connectivity index (χ1) is 11.1. The van der Waals surface area contributed by atoms with E-state index in [2.05, 4.69) is 13.8 Å². The SMILES string of the molecule is CC(C)c1cc(C(=O)N2CCC(CN)CC2)c2ccccc2n1. The van der Waals surface area contributed by atoms with Crippen LogP contribution in [-0.4, -0.2) is 35.4 Å². The third-order valence-electron chi connectivity index (χ3n) is 4.79. The average molecular weight is 311 g/mol. The van der Waals surface area contributed by atoms with E-state index in [1.165, 1.54) is 0 Å². The fourth-order valence-corrected chi connectivity index (χ4v) is 3.21. The van der Waals surface area contributed by atoms with Gasteiger partial charge in [0, 0.05) is 24.2 Å². The van der Waals surface area contributed by atoms with Crippen LogP contribution in [0.3, 0.4) is 0 Å². The monoisotopic (exact) mass is 311 g/mol. The standard InChI is InChI=1S/C19H25N3O/c1-13(2)18-11-16(15-5-3-4-6-17(15)21-18)19(23)22-9-7-14(12-20)8-10-22/h3-6,11,13-14H,7-10,12,20H2,1-2H3. The van der Waals surface area contributed by atoms with E-state index in [0.29, 0.717) is 11.8 Å². The zero-order valence-corrected chi connectivity index (χ0v) is 14.0. The number of rotatable bonds is 3. The zero-order valence-electron chi connectivity index (χ0n) is 14.0. The number of nitrogens with zero attached hydrogens (tertiary/aromatic N) is 2. The first-order valence-corrected chi connectivity index (χ1v) is 8.49. The smallest absolute Gasteiger partial charge is 0.254 e. The van der Waals surface area contributed by atoms with E-state index >= 15 is 0 Å². The summed E-state index contributed by atoms with van der Waals surface area (Å²) in [5.41, 5.74) is 8.41. The van der Waals surface area contributed by atoms with Crippen LogP contribution >= 0.6 is 0 Å². The van der Waals surface area contributed by atoms with Gasteiger partial charge in [-0.1, -0.05) is 32.0 Å². The highest BCUT2D eigenvalue weighted by atomic mass is 16.2. The van der Waals surface area contributed by atoms with Gasteiger partial charge in [-0.05, 0) is 43.4 Å². The summed E-state index contributed by atoms with van der Waals surface area (Å²) in [4.78, 5) is 19.7. The molecule has 1 aromatic heterocycles. The molecule has 0 spiro atoms. The molecule has 1 aliphatic rings. The van der Waals surface area contributed by atoms with Crippen LogP contribution in [0.1, 0.15) is 48.7 Å². The van der Waals surface area contributed by atoms with Crippen LogP contribution in [0.5, 0.6) is 0 Å². The number of pyridine rings is 1. The summed E-state index contributed by atoms with van der Waals surface area (Å²) in [6.45, 7) is 6.54. The van der Waals surface area contributed by atoms with E-state index in [0.717, 1.165) is 54.6 Å². The van der Waals surface area contributed by atoms with Gasteiger partial charge < -0.3 is 10.6 Å². The van der Waals surface area contributed by atoms with E-state index < -0.39 is 0 Å². The summed E-state index contributed by atoms with van der Waals surface area (Å²) >= 11 is 0. The number of amides is 1. The Morgan fingerprint density at radius 2 is 2.00 bits per heavy atom. The molecule has 4 heteroatoms. The van der Waals surface area contributed by atoms with Crippen LogP contribution in [0.15, 0.2) is 30.3 Å². The van der Waals surface area contributed by atoms with Crippen molar-refractivity contribution in [1.82, 2.24) is 9.88 Å². The number of nitrogens with two attached hydrogens (primary N) is 1. The van der Waals surface area contributed by atoms with Crippen molar-refractivity contribution in [3.63, 3.8) is 0 Å². The largest absolute Gasteiger partial charge is 0.339 e. The summed E-state index contributed by atoms with van der Waals surface area (Å²) in [7, 11) is 0. The van der Waals surface area contributed by atoms with E-state index in [1.807, 2.05) is 35.2 Å². The number of fused-ring (bicyclic) bond motifs is 1. The van der Waals surface area contributed by atoms with E-state index in [9.17, 15) is 4.79 Å². The van der Waals surface area contributed by atoms with Crippen molar-refractivity contribution in [2.75, 3.05) is 19.6 Å². The van der Waals surface area contributed by atoms with Crippen molar-refractivity contribution in [1.29, 1.82) is 0 Å². The second-order valence-electron chi connectivity index (χ2n) is 6.74. The number of carbonyl (C=O) groups is 1. The highest BCUT2D eigenvalue weighted by Gasteiger charge is 2.24. The molecule has 122 valence electrons. The summed E-state index contributed by atoms with van der Waals surface area (Å²) in [5, 5.41) is 0.947. The molecule has 1 fully saturated rings. The summed E-state index contributed by atoms with van der Waals surface area (Å²) in [6.07, 6.45) is 2.00. The number of hydrogen-bond donors (Lipinski definition) is 1. The van der Waals surface area contributed by atoms with Crippen molar-refractivity contribution >= 4 is 16.8 Å². The molecule has 0 aliphatic carbocycles. The maximum Gasteiger partial charge on any atom is 0.254 e. The van der Waals surface area contributed by atoms with Gasteiger partial charge in [0.25, 0.3) is 5.91 Å². The van der Waals surface area contributed by atoms with Crippen LogP contribution in [0.25, 0.3) is 10.9 Å². The number of likely N-dealkylation sites (tertiary alicyclic amines) is 1. The number of hydrogen-bond acceptors (Lipinski definition) is 3. The maximum atomic E-state index is 13.1. The summed E-state index contributed by atoms with van der Waals surface area (Å²) < 4.78 is 0. The molecule has 1 aromatic carbocycles. The van der Waals surface area contributed by atoms with Gasteiger partial charge in [0.2, 0.25) is 0 Å². The Bertz CT molecular complexity index is 703. The fourth-order valence-electron chi connectivity index (χ4n) is 3.21. The van der Waals surface area contributed by atoms with Gasteiger partial charge in [-0.15, -0.1) is 0 Å². The number of benzene rings is 1. The molecule has 4 nitrogen and oxygen atoms in total. The lowest BCUT2D eigenvalue weighted by atomic mass is 9.95. The summed E-state index contributed by atoms with van der Waals surface area (Å²) in [6, 6.07) is 9.90. The van der Waals surface area contributed by atoms with E-state index in [4.69, 9.17) is 10.7 Å². The maximum absolute atomic E-state index is 13.1. The Hall–Kier alpha value is -1.94. The summed E-state index contributed by atoms with van der Waals surface area (Å²) in [5.74, 6) is 0.981. The topological polar surface area (TPSA) is 59.2 Å². The highest BCUT2D eigenvalue weighted by Crippen LogP contribution is 2.25. The van der Waals surface area contributed by atoms with Gasteiger partial charge in [-0.25, -0.2) is 0 Å². The number of para-hydroxylation sites is 1. The quantitative estimate of drug-likeness (QED) is 0.947. The minimum absolute atomic E-state index is 0.126. The molecular weight excluding hydrogens is 286 g/mol. The van der Waals surface area contributed by atoms with E-state index in [-0.39, 0.29) is 5.91 Å². The van der Waals surface area contributed by atoms with Crippen molar-refractivity contribution in [3.05, 3.63) is 41.6 Å². The molecule has 0 atom stereocenters. The lowest BCUT2D eigenvalue weighted by Crippen LogP contribution is -2.40. The predicted molar refractivity (Wildman–Crippen MR) is 93.5 cm³/mol. The van der Waals surface area contributed by atoms with Crippen LogP contribution in [0.4, 0.5) is 0 Å². The van der Waals surface area contributed by atoms with Crippen molar-refractivity contribution in [2.24, 2.45) is 11.7 Å². The molecule has 2 aromatic rings. The van der Waals surface area contributed by atoms with Crippen LogP contribution < -0.4 is 5.73 Å². The molecule has 0 saturated carbocycles. The Labute approximate surface area is 137 Å². The first-order valence-electron chi connectivity index (χ1n) is 8.49. The highest BCUT2D eigenvalue weighted by molar-refractivity contribution is 6.06. The Kier molecular flexibility index (Phi) is 4.62. The number of aromatic nitrogens is 1. The lowest BCUT2D eigenvalue weighted by Gasteiger charge is -2.31. The van der Waals surface area contributed by atoms with Crippen molar-refractivity contribution < 1.29 is 4.79 Å². The van der Waals surface area contributed by atoms with Gasteiger partial charge in [0.05, 0.1) is 11.1 Å². The van der Waals surface area contributed by atoms with Crippen molar-refractivity contribution in [3.8, 4) is 0 Å². The van der Waals surface area contributed by atoms with Crippen molar-refractivity contribution in [2.45, 2.75) is 32.6 Å². The molecule has 3 rings (SSSR count). The zero-order chi connectivity index (χ0) is 16.4. The van der Waals surface area contributed by atoms with Gasteiger partial charge in [-0.3, -0.25) is 9.78 Å². The second kappa shape index (κ2) is 6.67. The first kappa shape index (κ1) is 15.9. The average Bonchev–Trinajstić information content (AvgIpc) is 2.60. The lowest BCUT2D eigenvalue weighted by molar-refractivity contribution is 0.0695. The third-order valence-corrected chi connectivity index (χ3v) is 4.79. The minimum atomic E-state index is 0.126. The second-order valence-corrected chi connectivity index (χ2v) is 6.74. The molecule has 0 radical (unpaired) electrons. The number of piperidine rings is 1. The Morgan fingerprint density at radius 3 is 2.65 bits per heavy atom. The Morgan fingerprint density at radius 1 is 1.30 bits per heavy atom. The van der Waals surface area contributed by atoms with Gasteiger partial charge >= 0.3 is 0 Å². The van der Waals surface area contributed by atoms with Gasteiger partial charge in [0.15, 0.2) is 0 Å². The molecule has 2 N–H and O–H groups in total. The Balaban J connectivity index is 1.96. The molecule has 1 aliphatic heterocycles. The molecule has 2 heterocycles. The van der Waals surface area contributed by atoms with Crippen LogP contribution in [0.2, 0.25) is 0 Å². The van der Waals surface area contributed by atoms with Crippen LogP contribution in [-0.2, 0) is 0 Å².